The molecular formula is C15H13Ar2O4P. The van der Waals surface area contributed by atoms with Crippen molar-refractivity contribution in [1.29, 1.82) is 0 Å². The molecule has 0 saturated heterocycles. The summed E-state index contributed by atoms with van der Waals surface area (Å²) in [7, 11) is 2.74. The second kappa shape index (κ2) is 7.65. The fraction of sp³-hybridized carbons (Fsp3) is 0.200. The summed E-state index contributed by atoms with van der Waals surface area (Å²) in [6.07, 6.45) is 0. The van der Waals surface area contributed by atoms with Gasteiger partial charge in [0, 0.05) is 86.6 Å². The molecule has 22 heavy (non-hydrogen) atoms. The van der Waals surface area contributed by atoms with Gasteiger partial charge in [0.05, 0.1) is 0 Å². The van der Waals surface area contributed by atoms with Crippen molar-refractivity contribution in [1.82, 2.24) is 0 Å². The Balaban J connectivity index is 0.000000882. The first-order valence-corrected chi connectivity index (χ1v) is 6.91. The van der Waals surface area contributed by atoms with E-state index in [1.807, 2.05) is 24.3 Å². The van der Waals surface area contributed by atoms with Gasteiger partial charge in [0.2, 0.25) is 13.6 Å². The van der Waals surface area contributed by atoms with Crippen LogP contribution in [-0.2, 0) is 0 Å². The molecule has 0 aliphatic carbocycles. The molecule has 2 aliphatic heterocycles. The Morgan fingerprint density at radius 3 is 1.95 bits per heavy atom. The van der Waals surface area contributed by atoms with Crippen molar-refractivity contribution in [3.05, 3.63) is 29.8 Å². The van der Waals surface area contributed by atoms with Crippen molar-refractivity contribution in [2.75, 3.05) is 13.6 Å². The van der Waals surface area contributed by atoms with Crippen molar-refractivity contribution in [2.24, 2.45) is 0 Å². The van der Waals surface area contributed by atoms with Crippen LogP contribution < -0.4 is 24.3 Å². The van der Waals surface area contributed by atoms with Crippen LogP contribution in [0, 0.1) is 82.4 Å². The van der Waals surface area contributed by atoms with E-state index in [0.717, 1.165) is 45.0 Å². The molecule has 0 radical (unpaired) electrons. The molecule has 0 amide bonds. The van der Waals surface area contributed by atoms with Gasteiger partial charge < -0.3 is 18.9 Å². The molecule has 0 aromatic heterocycles. The van der Waals surface area contributed by atoms with Gasteiger partial charge in [-0.05, 0) is 29.9 Å². The topological polar surface area (TPSA) is 36.9 Å². The molecule has 4 nitrogen and oxygen atoms in total. The van der Waals surface area contributed by atoms with E-state index in [2.05, 4.69) is 16.2 Å². The summed E-state index contributed by atoms with van der Waals surface area (Å²) in [5, 5.41) is 1.04. The normalized spacial score (nSPS) is 13.4. The Labute approximate surface area is 191 Å². The second-order valence-corrected chi connectivity index (χ2v) is 5.38. The number of fused-ring (bicyclic) bond motifs is 2. The van der Waals surface area contributed by atoms with Crippen LogP contribution in [0.5, 0.6) is 23.0 Å². The summed E-state index contributed by atoms with van der Waals surface area (Å²) in [6, 6.07) is 7.89. The predicted molar refractivity (Wildman–Crippen MR) is 78.2 cm³/mol. The standard InChI is InChI=1S/C15H13O4P.2Ar/c1-8-2-3-9-14(18-6-16-9)12(8)13-11(20)5-4-10-15(13)19-7-17-10;;/h2-5H,6-7,20H2,1H3;;. The average molecular weight is 368 g/mol. The van der Waals surface area contributed by atoms with Gasteiger partial charge >= 0.3 is 0 Å². The molecule has 2 aliphatic rings. The Hall–Kier alpha value is 0.589. The summed E-state index contributed by atoms with van der Waals surface area (Å²) in [5.41, 5.74) is 3.11. The summed E-state index contributed by atoms with van der Waals surface area (Å²) in [4.78, 5) is 0. The largest absolute Gasteiger partial charge is 0.454 e. The van der Waals surface area contributed by atoms with Crippen LogP contribution >= 0.6 is 9.24 Å². The Bertz CT molecular complexity index is 660. The molecule has 1 atom stereocenters. The number of hydrogen-bond donors (Lipinski definition) is 0. The monoisotopic (exact) mass is 368 g/mol. The van der Waals surface area contributed by atoms with Crippen molar-refractivity contribution < 1.29 is 94.4 Å². The molecule has 0 fully saturated rings. The summed E-state index contributed by atoms with van der Waals surface area (Å²) in [6.45, 7) is 2.56. The van der Waals surface area contributed by atoms with Crippen LogP contribution in [0.1, 0.15) is 5.56 Å². The zero-order valence-electron chi connectivity index (χ0n) is 11.6. The van der Waals surface area contributed by atoms with Crippen LogP contribution in [0.25, 0.3) is 11.1 Å². The summed E-state index contributed by atoms with van der Waals surface area (Å²) < 4.78 is 22.2. The van der Waals surface area contributed by atoms with Crippen LogP contribution in [0.15, 0.2) is 24.3 Å². The van der Waals surface area contributed by atoms with E-state index in [0.29, 0.717) is 0 Å². The van der Waals surface area contributed by atoms with Gasteiger partial charge in [-0.2, -0.15) is 0 Å². The molecule has 1 unspecified atom stereocenters. The van der Waals surface area contributed by atoms with Crippen molar-refractivity contribution in [3.8, 4) is 34.1 Å². The number of ether oxygens (including phenoxy) is 4. The maximum absolute atomic E-state index is 5.65. The van der Waals surface area contributed by atoms with Crippen LogP contribution in [0.2, 0.25) is 0 Å². The molecule has 118 valence electrons. The van der Waals surface area contributed by atoms with Gasteiger partial charge in [-0.15, -0.1) is 9.24 Å². The zero-order chi connectivity index (χ0) is 13.7. The molecule has 7 heteroatoms. The summed E-state index contributed by atoms with van der Waals surface area (Å²) >= 11 is 0. The number of benzene rings is 2. The van der Waals surface area contributed by atoms with Gasteiger partial charge in [-0.1, -0.05) is 12.1 Å². The van der Waals surface area contributed by atoms with Gasteiger partial charge in [0.15, 0.2) is 23.0 Å². The fourth-order valence-corrected chi connectivity index (χ4v) is 3.00. The van der Waals surface area contributed by atoms with E-state index in [1.165, 1.54) is 0 Å². The predicted octanol–water partition coefficient (Wildman–Crippen LogP) is 2.62. The molecule has 0 bridgehead atoms. The van der Waals surface area contributed by atoms with Crippen molar-refractivity contribution >= 4 is 14.5 Å². The maximum atomic E-state index is 5.65. The van der Waals surface area contributed by atoms with Crippen molar-refractivity contribution in [2.45, 2.75) is 6.92 Å². The van der Waals surface area contributed by atoms with E-state index in [9.17, 15) is 0 Å². The van der Waals surface area contributed by atoms with Gasteiger partial charge in [-0.25, -0.2) is 0 Å². The molecule has 0 N–H and O–H groups in total. The maximum Gasteiger partial charge on any atom is 0.231 e. The van der Waals surface area contributed by atoms with Crippen LogP contribution in [0.3, 0.4) is 0 Å². The SMILES string of the molecule is Cc1ccc2c(c1-c1c(P)ccc3c1OCO3)OCO2.[Ar].[Ar]. The molecule has 2 aromatic carbocycles. The van der Waals surface area contributed by atoms with Crippen LogP contribution in [0.4, 0.5) is 0 Å². The minimum Gasteiger partial charge on any atom is -0.454 e. The first-order chi connectivity index (χ1) is 9.75. The smallest absolute Gasteiger partial charge is 0.231 e. The Morgan fingerprint density at radius 1 is 0.773 bits per heavy atom. The molecular weight excluding hydrogens is 355 g/mol. The first kappa shape index (κ1) is 18.9. The molecule has 0 spiro atoms. The summed E-state index contributed by atoms with van der Waals surface area (Å²) in [5.74, 6) is 3.08. The molecule has 2 heterocycles. The second-order valence-electron chi connectivity index (χ2n) is 4.75. The first-order valence-electron chi connectivity index (χ1n) is 6.33. The zero-order valence-corrected chi connectivity index (χ0v) is 14.2. The van der Waals surface area contributed by atoms with E-state index in [1.54, 1.807) is 0 Å². The Kier molecular flexibility index (Phi) is 6.58. The Morgan fingerprint density at radius 2 is 1.32 bits per heavy atom. The minimum absolute atomic E-state index is 0. The third kappa shape index (κ3) is 3.09. The number of rotatable bonds is 1. The number of aryl methyl sites for hydroxylation is 1. The van der Waals surface area contributed by atoms with Gasteiger partial charge in [0.25, 0.3) is 0 Å². The van der Waals surface area contributed by atoms with E-state index >= 15 is 0 Å². The van der Waals surface area contributed by atoms with Gasteiger partial charge in [-0.3, -0.25) is 0 Å². The van der Waals surface area contributed by atoms with E-state index in [4.69, 9.17) is 18.9 Å². The minimum atomic E-state index is 0. The third-order valence-corrected chi connectivity index (χ3v) is 4.05. The fourth-order valence-electron chi connectivity index (χ4n) is 2.63. The van der Waals surface area contributed by atoms with E-state index < -0.39 is 0 Å². The van der Waals surface area contributed by atoms with Crippen LogP contribution in [-0.4, -0.2) is 13.6 Å². The third-order valence-electron chi connectivity index (χ3n) is 3.57. The van der Waals surface area contributed by atoms with E-state index in [-0.39, 0.29) is 89.1 Å². The van der Waals surface area contributed by atoms with Gasteiger partial charge in [0.1, 0.15) is 0 Å². The number of hydrogen-bond acceptors (Lipinski definition) is 4. The molecule has 4 rings (SSSR count). The quantitative estimate of drug-likeness (QED) is 0.726. The molecule has 2 aromatic rings. The van der Waals surface area contributed by atoms with Crippen molar-refractivity contribution in [3.63, 3.8) is 0 Å². The average Bonchev–Trinajstić information content (AvgIpc) is 3.08. The molecule has 0 saturated carbocycles.